The van der Waals surface area contributed by atoms with E-state index in [9.17, 15) is 0 Å². The molecule has 3 rings (SSSR count). The third-order valence-electron chi connectivity index (χ3n) is 4.67. The summed E-state index contributed by atoms with van der Waals surface area (Å²) >= 11 is 0. The summed E-state index contributed by atoms with van der Waals surface area (Å²) in [7, 11) is 3.92. The maximum Gasteiger partial charge on any atom is 0.224 e. The van der Waals surface area contributed by atoms with Crippen LogP contribution in [-0.4, -0.2) is 54.0 Å². The summed E-state index contributed by atoms with van der Waals surface area (Å²) in [4.78, 5) is 11.4. The van der Waals surface area contributed by atoms with Crippen LogP contribution in [0.3, 0.4) is 0 Å². The number of nitrogens with one attached hydrogen (secondary N) is 2. The predicted molar refractivity (Wildman–Crippen MR) is 94.8 cm³/mol. The fraction of sp³-hybridized carbons (Fsp3) is 0.588. The van der Waals surface area contributed by atoms with E-state index in [1.54, 1.807) is 0 Å². The number of likely N-dealkylation sites (N-methyl/N-ethyl adjacent to an activating group) is 1. The van der Waals surface area contributed by atoms with Crippen LogP contribution >= 0.6 is 0 Å². The van der Waals surface area contributed by atoms with Gasteiger partial charge in [0.05, 0.1) is 18.0 Å². The van der Waals surface area contributed by atoms with Crippen molar-refractivity contribution in [3.63, 3.8) is 0 Å². The van der Waals surface area contributed by atoms with Crippen molar-refractivity contribution in [2.75, 3.05) is 44.1 Å². The average Bonchev–Trinajstić information content (AvgIpc) is 3.23. The Labute approximate surface area is 142 Å². The van der Waals surface area contributed by atoms with Gasteiger partial charge in [-0.25, -0.2) is 4.98 Å². The highest BCUT2D eigenvalue weighted by Crippen LogP contribution is 2.27. The molecule has 7 heteroatoms. The molecule has 2 N–H and O–H groups in total. The summed E-state index contributed by atoms with van der Waals surface area (Å²) in [6.45, 7) is 6.55. The summed E-state index contributed by atoms with van der Waals surface area (Å²) in [6.07, 6.45) is 1.96. The first-order chi connectivity index (χ1) is 11.6. The van der Waals surface area contributed by atoms with Crippen LogP contribution in [0, 0.1) is 13.8 Å². The molecule has 2 aromatic heterocycles. The van der Waals surface area contributed by atoms with E-state index in [0.29, 0.717) is 11.9 Å². The predicted octanol–water partition coefficient (Wildman–Crippen LogP) is 2.04. The zero-order chi connectivity index (χ0) is 17.1. The van der Waals surface area contributed by atoms with Crippen LogP contribution in [0.25, 0.3) is 0 Å². The molecular weight excluding hydrogens is 304 g/mol. The van der Waals surface area contributed by atoms with Crippen LogP contribution in [0.4, 0.5) is 11.8 Å². The van der Waals surface area contributed by atoms with E-state index in [1.165, 1.54) is 5.56 Å². The van der Waals surface area contributed by atoms with Gasteiger partial charge in [-0.1, -0.05) is 0 Å². The number of hydrogen-bond acceptors (Lipinski definition) is 6. The molecule has 0 saturated carbocycles. The van der Waals surface area contributed by atoms with E-state index < -0.39 is 0 Å². The van der Waals surface area contributed by atoms with Gasteiger partial charge in [0.25, 0.3) is 0 Å². The maximum atomic E-state index is 5.50. The van der Waals surface area contributed by atoms with E-state index in [-0.39, 0.29) is 0 Å². The highest BCUT2D eigenvalue weighted by Gasteiger charge is 2.21. The van der Waals surface area contributed by atoms with Crippen molar-refractivity contribution >= 4 is 11.8 Å². The fourth-order valence-electron chi connectivity index (χ4n) is 3.07. The van der Waals surface area contributed by atoms with Gasteiger partial charge in [0.15, 0.2) is 0 Å². The largest absolute Gasteiger partial charge is 0.381 e. The molecule has 0 aromatic carbocycles. The molecule has 0 spiro atoms. The van der Waals surface area contributed by atoms with Gasteiger partial charge in [0.2, 0.25) is 5.95 Å². The minimum absolute atomic E-state index is 0.366. The van der Waals surface area contributed by atoms with Crippen LogP contribution in [0.5, 0.6) is 0 Å². The SMILES string of the molecule is CNc1nc(C2CCOC2)cc(N(C)CCc2c(C)n[nH]c2C)n1. The second-order valence-electron chi connectivity index (χ2n) is 6.37. The standard InChI is InChI=1S/C17H26N6O/c1-11-14(12(2)22-21-11)5-7-23(4)16-9-15(13-6-8-24-10-13)19-17(18-3)20-16/h9,13H,5-8,10H2,1-4H3,(H,21,22)(H,18,19,20). The molecule has 130 valence electrons. The van der Waals surface area contributed by atoms with Crippen molar-refractivity contribution in [2.45, 2.75) is 32.6 Å². The molecule has 1 atom stereocenters. The molecule has 7 nitrogen and oxygen atoms in total. The Balaban J connectivity index is 1.75. The number of aromatic amines is 1. The van der Waals surface area contributed by atoms with Gasteiger partial charge in [0.1, 0.15) is 5.82 Å². The van der Waals surface area contributed by atoms with E-state index in [2.05, 4.69) is 50.4 Å². The molecule has 1 fully saturated rings. The molecule has 24 heavy (non-hydrogen) atoms. The first-order valence-electron chi connectivity index (χ1n) is 8.44. The molecule has 3 heterocycles. The lowest BCUT2D eigenvalue weighted by Gasteiger charge is -2.20. The zero-order valence-electron chi connectivity index (χ0n) is 14.9. The summed E-state index contributed by atoms with van der Waals surface area (Å²) in [5.41, 5.74) is 4.56. The van der Waals surface area contributed by atoms with E-state index in [4.69, 9.17) is 4.74 Å². The second-order valence-corrected chi connectivity index (χ2v) is 6.37. The lowest BCUT2D eigenvalue weighted by Crippen LogP contribution is -2.23. The van der Waals surface area contributed by atoms with Crippen LogP contribution in [0.2, 0.25) is 0 Å². The van der Waals surface area contributed by atoms with Crippen molar-refractivity contribution in [3.8, 4) is 0 Å². The Bertz CT molecular complexity index is 673. The Morgan fingerprint density at radius 2 is 2.21 bits per heavy atom. The highest BCUT2D eigenvalue weighted by atomic mass is 16.5. The van der Waals surface area contributed by atoms with Crippen molar-refractivity contribution in [3.05, 3.63) is 28.7 Å². The van der Waals surface area contributed by atoms with E-state index in [1.807, 2.05) is 14.0 Å². The fourth-order valence-corrected chi connectivity index (χ4v) is 3.07. The van der Waals surface area contributed by atoms with Crippen molar-refractivity contribution in [1.82, 2.24) is 20.2 Å². The quantitative estimate of drug-likeness (QED) is 0.844. The topological polar surface area (TPSA) is 79.0 Å². The van der Waals surface area contributed by atoms with Crippen LogP contribution in [-0.2, 0) is 11.2 Å². The van der Waals surface area contributed by atoms with Crippen LogP contribution < -0.4 is 10.2 Å². The van der Waals surface area contributed by atoms with Crippen molar-refractivity contribution < 1.29 is 4.74 Å². The molecule has 0 aliphatic carbocycles. The van der Waals surface area contributed by atoms with Crippen LogP contribution in [0.15, 0.2) is 6.07 Å². The van der Waals surface area contributed by atoms with Gasteiger partial charge < -0.3 is 15.0 Å². The number of rotatable bonds is 6. The first-order valence-corrected chi connectivity index (χ1v) is 8.44. The van der Waals surface area contributed by atoms with Crippen LogP contribution in [0.1, 0.15) is 35.0 Å². The minimum Gasteiger partial charge on any atom is -0.381 e. The molecule has 2 aromatic rings. The molecule has 0 bridgehead atoms. The average molecular weight is 330 g/mol. The third kappa shape index (κ3) is 3.51. The minimum atomic E-state index is 0.366. The number of aromatic nitrogens is 4. The van der Waals surface area contributed by atoms with Gasteiger partial charge in [-0.3, -0.25) is 5.10 Å². The van der Waals surface area contributed by atoms with Crippen molar-refractivity contribution in [1.29, 1.82) is 0 Å². The van der Waals surface area contributed by atoms with Gasteiger partial charge >= 0.3 is 0 Å². The Hall–Kier alpha value is -2.15. The number of ether oxygens (including phenoxy) is 1. The molecule has 1 saturated heterocycles. The number of hydrogen-bond donors (Lipinski definition) is 2. The second kappa shape index (κ2) is 7.17. The highest BCUT2D eigenvalue weighted by molar-refractivity contribution is 5.45. The number of aryl methyl sites for hydroxylation is 2. The summed E-state index contributed by atoms with van der Waals surface area (Å²) < 4.78 is 5.50. The van der Waals surface area contributed by atoms with Gasteiger partial charge in [-0.2, -0.15) is 10.1 Å². The number of nitrogens with zero attached hydrogens (tertiary/aromatic N) is 4. The normalized spacial score (nSPS) is 17.2. The molecule has 1 aliphatic rings. The molecule has 0 radical (unpaired) electrons. The Kier molecular flexibility index (Phi) is 4.99. The molecule has 1 aliphatic heterocycles. The van der Waals surface area contributed by atoms with Gasteiger partial charge in [0, 0.05) is 44.9 Å². The smallest absolute Gasteiger partial charge is 0.224 e. The first kappa shape index (κ1) is 16.7. The lowest BCUT2D eigenvalue weighted by atomic mass is 10.0. The van der Waals surface area contributed by atoms with E-state index >= 15 is 0 Å². The summed E-state index contributed by atoms with van der Waals surface area (Å²) in [6, 6.07) is 2.09. The van der Waals surface area contributed by atoms with Crippen molar-refractivity contribution in [2.24, 2.45) is 0 Å². The van der Waals surface area contributed by atoms with Gasteiger partial charge in [-0.05, 0) is 32.3 Å². The Morgan fingerprint density at radius 3 is 2.83 bits per heavy atom. The lowest BCUT2D eigenvalue weighted by molar-refractivity contribution is 0.193. The summed E-state index contributed by atoms with van der Waals surface area (Å²) in [5.74, 6) is 1.97. The number of H-pyrrole nitrogens is 1. The zero-order valence-corrected chi connectivity index (χ0v) is 14.9. The third-order valence-corrected chi connectivity index (χ3v) is 4.67. The summed E-state index contributed by atoms with van der Waals surface area (Å²) in [5, 5.41) is 10.4. The monoisotopic (exact) mass is 330 g/mol. The van der Waals surface area contributed by atoms with Gasteiger partial charge in [-0.15, -0.1) is 0 Å². The number of anilines is 2. The molecule has 1 unspecified atom stereocenters. The van der Waals surface area contributed by atoms with E-state index in [0.717, 1.165) is 55.5 Å². The molecule has 0 amide bonds. The molecular formula is C17H26N6O. The maximum absolute atomic E-state index is 5.50. The Morgan fingerprint density at radius 1 is 1.38 bits per heavy atom.